The zero-order chi connectivity index (χ0) is 33.0. The molecule has 0 bridgehead atoms. The number of hydrogen-bond donors (Lipinski definition) is 1. The van der Waals surface area contributed by atoms with Crippen molar-refractivity contribution in [2.75, 3.05) is 6.61 Å². The molecule has 0 fully saturated rings. The number of unbranched alkanes of at least 4 members (excludes halogenated alkanes) is 7. The van der Waals surface area contributed by atoms with E-state index in [4.69, 9.17) is 14.7 Å². The molecule has 242 valence electrons. The molecule has 1 heterocycles. The molecule has 2 aliphatic rings. The normalized spacial score (nSPS) is 15.8. The smallest absolute Gasteiger partial charge is 0.193 e. The van der Waals surface area contributed by atoms with Crippen molar-refractivity contribution < 1.29 is 9.53 Å². The van der Waals surface area contributed by atoms with E-state index in [1.54, 1.807) is 12.2 Å². The molecule has 1 aliphatic heterocycles. The number of aliphatic imine (C=N–C) groups is 2. The van der Waals surface area contributed by atoms with E-state index in [9.17, 15) is 4.79 Å². The van der Waals surface area contributed by atoms with Crippen LogP contribution in [0.5, 0.6) is 0 Å². The number of ketones is 1. The summed E-state index contributed by atoms with van der Waals surface area (Å²) in [6.07, 6.45) is 15.1. The lowest BCUT2D eigenvalue weighted by Gasteiger charge is -2.20. The van der Waals surface area contributed by atoms with Crippen molar-refractivity contribution in [2.45, 2.75) is 58.3 Å². The van der Waals surface area contributed by atoms with Gasteiger partial charge in [0, 0.05) is 17.2 Å². The molecule has 6 rings (SSSR count). The van der Waals surface area contributed by atoms with Crippen LogP contribution in [0.3, 0.4) is 0 Å². The summed E-state index contributed by atoms with van der Waals surface area (Å²) in [6, 6.07) is 37.1. The van der Waals surface area contributed by atoms with Crippen LogP contribution in [0.1, 0.15) is 69.4 Å². The van der Waals surface area contributed by atoms with Gasteiger partial charge in [-0.05, 0) is 40.8 Å². The largest absolute Gasteiger partial charge is 0.493 e. The van der Waals surface area contributed by atoms with E-state index >= 15 is 0 Å². The molecule has 0 spiro atoms. The summed E-state index contributed by atoms with van der Waals surface area (Å²) >= 11 is 0. The van der Waals surface area contributed by atoms with Crippen LogP contribution in [-0.2, 0) is 9.53 Å². The van der Waals surface area contributed by atoms with Gasteiger partial charge < -0.3 is 10.1 Å². The van der Waals surface area contributed by atoms with Crippen LogP contribution in [0.2, 0.25) is 0 Å². The summed E-state index contributed by atoms with van der Waals surface area (Å²) in [5, 5.41) is 3.37. The molecule has 0 aromatic heterocycles. The number of hydrogen-bond acceptors (Lipinski definition) is 5. The summed E-state index contributed by atoms with van der Waals surface area (Å²) in [4.78, 5) is 23.3. The van der Waals surface area contributed by atoms with E-state index < -0.39 is 0 Å². The maximum Gasteiger partial charge on any atom is 0.193 e. The van der Waals surface area contributed by atoms with Gasteiger partial charge in [0.2, 0.25) is 0 Å². The quantitative estimate of drug-likeness (QED) is 0.111. The van der Waals surface area contributed by atoms with Gasteiger partial charge in [-0.2, -0.15) is 0 Å². The van der Waals surface area contributed by atoms with Crippen molar-refractivity contribution in [1.29, 1.82) is 0 Å². The summed E-state index contributed by atoms with van der Waals surface area (Å²) in [5.41, 5.74) is 6.77. The van der Waals surface area contributed by atoms with E-state index in [1.165, 1.54) is 38.5 Å². The summed E-state index contributed by atoms with van der Waals surface area (Å²) in [6.45, 7) is 2.86. The number of benzene rings is 4. The molecule has 4 aromatic carbocycles. The standard InChI is InChI=1S/C43H43N3O2/c1-2-3-4-5-6-7-8-15-30-48-38-28-29-39(40(47)31-38)43-45-41(36-24-20-34(21-25-36)32-16-11-9-12-17-32)44-42(46-43)37-26-22-35(23-27-37)33-18-13-10-14-19-33/h9-14,16-29,31H,2-8,15,30H2,1H3,(H,44,45,46). The number of amidine groups is 2. The minimum absolute atomic E-state index is 0.144. The maximum atomic E-state index is 13.4. The van der Waals surface area contributed by atoms with Gasteiger partial charge in [0.05, 0.1) is 12.2 Å². The first-order chi connectivity index (χ1) is 23.7. The Hall–Kier alpha value is -5.29. The minimum atomic E-state index is -0.144. The average molecular weight is 634 g/mol. The molecule has 0 saturated carbocycles. The van der Waals surface area contributed by atoms with Crippen LogP contribution in [0, 0.1) is 0 Å². The third-order valence-corrected chi connectivity index (χ3v) is 8.66. The van der Waals surface area contributed by atoms with Gasteiger partial charge in [-0.3, -0.25) is 4.79 Å². The molecule has 1 aliphatic carbocycles. The first-order valence-electron chi connectivity index (χ1n) is 17.3. The van der Waals surface area contributed by atoms with E-state index in [-0.39, 0.29) is 5.78 Å². The first kappa shape index (κ1) is 32.6. The lowest BCUT2D eigenvalue weighted by atomic mass is 10.0. The van der Waals surface area contributed by atoms with Crippen molar-refractivity contribution in [3.05, 3.63) is 156 Å². The van der Waals surface area contributed by atoms with Gasteiger partial charge in [0.25, 0.3) is 0 Å². The van der Waals surface area contributed by atoms with Crippen molar-refractivity contribution in [3.63, 3.8) is 0 Å². The molecule has 0 radical (unpaired) electrons. The van der Waals surface area contributed by atoms with Crippen molar-refractivity contribution in [3.8, 4) is 22.3 Å². The zero-order valence-electron chi connectivity index (χ0n) is 27.7. The van der Waals surface area contributed by atoms with Gasteiger partial charge in [-0.15, -0.1) is 0 Å². The van der Waals surface area contributed by atoms with Gasteiger partial charge >= 0.3 is 0 Å². The molecular weight excluding hydrogens is 590 g/mol. The lowest BCUT2D eigenvalue weighted by Crippen LogP contribution is -2.31. The van der Waals surface area contributed by atoms with Gasteiger partial charge in [0.15, 0.2) is 11.6 Å². The molecule has 1 N–H and O–H groups in total. The fourth-order valence-corrected chi connectivity index (χ4v) is 5.91. The molecule has 0 amide bonds. The Morgan fingerprint density at radius 1 is 0.562 bits per heavy atom. The Bertz CT molecular complexity index is 1830. The first-order valence-corrected chi connectivity index (χ1v) is 17.3. The van der Waals surface area contributed by atoms with Gasteiger partial charge in [-0.1, -0.05) is 161 Å². The highest BCUT2D eigenvalue weighted by molar-refractivity contribution is 6.16. The number of nitrogens with zero attached hydrogens (tertiary/aromatic N) is 2. The molecule has 5 nitrogen and oxygen atoms in total. The van der Waals surface area contributed by atoms with Crippen LogP contribution in [0.4, 0.5) is 0 Å². The maximum absolute atomic E-state index is 13.4. The van der Waals surface area contributed by atoms with Gasteiger partial charge in [-0.25, -0.2) is 9.98 Å². The fraction of sp³-hybridized carbons (Fsp3) is 0.233. The Labute approximate surface area is 284 Å². The summed E-state index contributed by atoms with van der Waals surface area (Å²) < 4.78 is 5.96. The monoisotopic (exact) mass is 633 g/mol. The van der Waals surface area contributed by atoms with Crippen LogP contribution in [-0.4, -0.2) is 24.1 Å². The Morgan fingerprint density at radius 3 is 1.67 bits per heavy atom. The van der Waals surface area contributed by atoms with Gasteiger partial charge in [0.1, 0.15) is 17.4 Å². The fourth-order valence-electron chi connectivity index (χ4n) is 5.91. The minimum Gasteiger partial charge on any atom is -0.493 e. The summed E-state index contributed by atoms with van der Waals surface area (Å²) in [7, 11) is 0. The second-order valence-corrected chi connectivity index (χ2v) is 12.2. The highest BCUT2D eigenvalue weighted by Crippen LogP contribution is 2.25. The Morgan fingerprint density at radius 2 is 1.08 bits per heavy atom. The molecule has 4 aromatic rings. The molecular formula is C43H43N3O2. The second-order valence-electron chi connectivity index (χ2n) is 12.2. The van der Waals surface area contributed by atoms with Crippen LogP contribution in [0.15, 0.2) is 155 Å². The average Bonchev–Trinajstić information content (AvgIpc) is 3.15. The van der Waals surface area contributed by atoms with E-state index in [2.05, 4.69) is 60.8 Å². The Kier molecular flexibility index (Phi) is 11.2. The summed E-state index contributed by atoms with van der Waals surface area (Å²) in [5.74, 6) is 2.09. The number of nitrogens with one attached hydrogen (secondary N) is 1. The molecule has 5 heteroatoms. The van der Waals surface area contributed by atoms with Crippen LogP contribution >= 0.6 is 0 Å². The predicted molar refractivity (Wildman–Crippen MR) is 198 cm³/mol. The Balaban J connectivity index is 1.20. The topological polar surface area (TPSA) is 63.0 Å². The zero-order valence-corrected chi connectivity index (χ0v) is 27.7. The van der Waals surface area contributed by atoms with E-state index in [0.29, 0.717) is 35.4 Å². The third kappa shape index (κ3) is 8.54. The van der Waals surface area contributed by atoms with E-state index in [0.717, 1.165) is 46.2 Å². The predicted octanol–water partition coefficient (Wildman–Crippen LogP) is 10.2. The highest BCUT2D eigenvalue weighted by Gasteiger charge is 2.22. The molecule has 0 unspecified atom stereocenters. The lowest BCUT2D eigenvalue weighted by molar-refractivity contribution is -0.111. The number of carbonyl (C=O) groups is 1. The third-order valence-electron chi connectivity index (χ3n) is 8.66. The van der Waals surface area contributed by atoms with Crippen LogP contribution in [0.25, 0.3) is 22.3 Å². The molecule has 0 atom stereocenters. The van der Waals surface area contributed by atoms with Crippen molar-refractivity contribution in [2.24, 2.45) is 9.98 Å². The van der Waals surface area contributed by atoms with E-state index in [1.807, 2.05) is 66.7 Å². The van der Waals surface area contributed by atoms with Crippen molar-refractivity contribution in [1.82, 2.24) is 5.32 Å². The SMILES string of the molecule is CCCCCCCCCCOC1=CC(=O)/C(=C2/N=C(c3ccc(-c4ccccc4)cc3)N=C(c3ccc(-c4ccccc4)cc3)N2)C=C1. The number of rotatable bonds is 14. The molecule has 48 heavy (non-hydrogen) atoms. The number of carbonyl (C=O) groups excluding carboxylic acids is 1. The highest BCUT2D eigenvalue weighted by atomic mass is 16.5. The van der Waals surface area contributed by atoms with Crippen LogP contribution < -0.4 is 5.32 Å². The van der Waals surface area contributed by atoms with Crippen molar-refractivity contribution >= 4 is 17.5 Å². The molecule has 0 saturated heterocycles. The second kappa shape index (κ2) is 16.5. The number of allylic oxidation sites excluding steroid dienone is 4. The number of ether oxygens (including phenoxy) is 1.